The van der Waals surface area contributed by atoms with E-state index in [1.165, 1.54) is 5.56 Å². The number of nitrogens with zero attached hydrogens (tertiary/aromatic N) is 1. The van der Waals surface area contributed by atoms with Crippen LogP contribution < -0.4 is 4.74 Å². The molecule has 7 heteroatoms. The number of thioether (sulfide) groups is 1. The molecule has 2 heterocycles. The molecule has 1 aliphatic heterocycles. The van der Waals surface area contributed by atoms with E-state index >= 15 is 0 Å². The van der Waals surface area contributed by atoms with Gasteiger partial charge in [-0.3, -0.25) is 4.98 Å². The van der Waals surface area contributed by atoms with Gasteiger partial charge in [0.2, 0.25) is 0 Å². The van der Waals surface area contributed by atoms with E-state index in [1.54, 1.807) is 18.3 Å². The maximum atomic E-state index is 10.3. The second kappa shape index (κ2) is 9.03. The van der Waals surface area contributed by atoms with E-state index in [4.69, 9.17) is 4.74 Å². The lowest BCUT2D eigenvalue weighted by atomic mass is 10.0. The Hall–Kier alpha value is -1.64. The summed E-state index contributed by atoms with van der Waals surface area (Å²) in [6.45, 7) is 1.79. The zero-order valence-electron chi connectivity index (χ0n) is 15.1. The van der Waals surface area contributed by atoms with Crippen molar-refractivity contribution in [3.8, 4) is 5.75 Å². The quantitative estimate of drug-likeness (QED) is 0.585. The minimum atomic E-state index is -1.38. The van der Waals surface area contributed by atoms with Gasteiger partial charge in [-0.05, 0) is 29.7 Å². The molecular weight excluding hydrogens is 366 g/mol. The molecular formula is C20H25NO5S. The van der Waals surface area contributed by atoms with Crippen molar-refractivity contribution < 1.29 is 25.2 Å². The van der Waals surface area contributed by atoms with E-state index in [-0.39, 0.29) is 6.61 Å². The maximum absolute atomic E-state index is 10.3. The fraction of sp³-hybridized carbons (Fsp3) is 0.450. The van der Waals surface area contributed by atoms with Crippen molar-refractivity contribution >= 4 is 11.8 Å². The minimum Gasteiger partial charge on any atom is -0.475 e. The number of benzene rings is 1. The Balaban J connectivity index is 1.77. The molecule has 1 saturated heterocycles. The highest BCUT2D eigenvalue weighted by Gasteiger charge is 2.44. The molecule has 0 unspecified atom stereocenters. The average molecular weight is 391 g/mol. The molecule has 0 aliphatic carbocycles. The van der Waals surface area contributed by atoms with Crippen molar-refractivity contribution in [2.45, 2.75) is 48.8 Å². The summed E-state index contributed by atoms with van der Waals surface area (Å²) in [6.07, 6.45) is -0.625. The van der Waals surface area contributed by atoms with Crippen molar-refractivity contribution in [3.63, 3.8) is 0 Å². The van der Waals surface area contributed by atoms with Gasteiger partial charge in [0.15, 0.2) is 5.44 Å². The molecule has 1 aliphatic rings. The van der Waals surface area contributed by atoms with E-state index in [0.717, 1.165) is 29.4 Å². The van der Waals surface area contributed by atoms with Crippen LogP contribution in [-0.2, 0) is 12.8 Å². The fourth-order valence-corrected chi connectivity index (χ4v) is 4.27. The monoisotopic (exact) mass is 391 g/mol. The first-order valence-electron chi connectivity index (χ1n) is 9.02. The fourth-order valence-electron chi connectivity index (χ4n) is 3.04. The molecule has 1 fully saturated rings. The first-order chi connectivity index (χ1) is 13.0. The average Bonchev–Trinajstić information content (AvgIpc) is 2.70. The van der Waals surface area contributed by atoms with Gasteiger partial charge in [0.05, 0.1) is 23.7 Å². The SMILES string of the molecule is CCc1ccc(Cc2ncccc2O[C@@H]2S[C@H](CO)[C@@H](O)[C@H](O)[C@H]2O)cc1. The molecule has 1 aromatic heterocycles. The predicted molar refractivity (Wildman–Crippen MR) is 104 cm³/mol. The number of pyridine rings is 1. The molecule has 2 aromatic rings. The molecule has 27 heavy (non-hydrogen) atoms. The minimum absolute atomic E-state index is 0.320. The largest absolute Gasteiger partial charge is 0.475 e. The van der Waals surface area contributed by atoms with E-state index in [1.807, 2.05) is 0 Å². The number of ether oxygens (including phenoxy) is 1. The third kappa shape index (κ3) is 4.62. The van der Waals surface area contributed by atoms with Gasteiger partial charge in [-0.1, -0.05) is 31.2 Å². The zero-order chi connectivity index (χ0) is 19.4. The van der Waals surface area contributed by atoms with Crippen LogP contribution >= 0.6 is 11.8 Å². The summed E-state index contributed by atoms with van der Waals surface area (Å²) in [7, 11) is 0. The third-order valence-electron chi connectivity index (χ3n) is 4.74. The van der Waals surface area contributed by atoms with Crippen LogP contribution in [0.25, 0.3) is 0 Å². The van der Waals surface area contributed by atoms with Crippen LogP contribution in [-0.4, -0.2) is 61.0 Å². The lowest BCUT2D eigenvalue weighted by molar-refractivity contribution is -0.0910. The predicted octanol–water partition coefficient (Wildman–Crippen LogP) is 1.13. The standard InChI is InChI=1S/C20H25NO5S/c1-2-12-5-7-13(8-6-12)10-14-15(4-3-9-21-14)26-20-19(25)18(24)17(23)16(11-22)27-20/h3-9,16-20,22-25H,2,10-11H2,1H3/t16-,17-,18+,19-,20-/m1/s1. The molecule has 0 spiro atoms. The first kappa shape index (κ1) is 20.1. The molecule has 1 aromatic carbocycles. The van der Waals surface area contributed by atoms with Crippen molar-refractivity contribution in [2.75, 3.05) is 6.61 Å². The number of hydrogen-bond acceptors (Lipinski definition) is 7. The van der Waals surface area contributed by atoms with Gasteiger partial charge in [0.1, 0.15) is 18.0 Å². The molecule has 3 rings (SSSR count). The van der Waals surface area contributed by atoms with Gasteiger partial charge in [0, 0.05) is 12.6 Å². The van der Waals surface area contributed by atoms with Gasteiger partial charge in [0.25, 0.3) is 0 Å². The molecule has 4 N–H and O–H groups in total. The van der Waals surface area contributed by atoms with Crippen molar-refractivity contribution in [1.29, 1.82) is 0 Å². The highest BCUT2D eigenvalue weighted by atomic mass is 32.2. The van der Waals surface area contributed by atoms with Gasteiger partial charge in [-0.2, -0.15) is 0 Å². The molecule has 6 nitrogen and oxygen atoms in total. The van der Waals surface area contributed by atoms with E-state index < -0.39 is 29.0 Å². The lowest BCUT2D eigenvalue weighted by Gasteiger charge is -2.39. The van der Waals surface area contributed by atoms with Gasteiger partial charge >= 0.3 is 0 Å². The van der Waals surface area contributed by atoms with Crippen LogP contribution in [0, 0.1) is 0 Å². The van der Waals surface area contributed by atoms with Crippen LogP contribution in [0.4, 0.5) is 0 Å². The zero-order valence-corrected chi connectivity index (χ0v) is 15.9. The number of aromatic nitrogens is 1. The molecule has 0 radical (unpaired) electrons. The number of hydrogen-bond donors (Lipinski definition) is 4. The Labute approximate surface area is 162 Å². The van der Waals surface area contributed by atoms with Gasteiger partial charge in [-0.25, -0.2) is 0 Å². The lowest BCUT2D eigenvalue weighted by Crippen LogP contribution is -2.55. The van der Waals surface area contributed by atoms with E-state index in [9.17, 15) is 20.4 Å². The number of aliphatic hydroxyl groups is 4. The van der Waals surface area contributed by atoms with Crippen LogP contribution in [0.3, 0.4) is 0 Å². The summed E-state index contributed by atoms with van der Waals surface area (Å²) in [6, 6.07) is 11.8. The Morgan fingerprint density at radius 2 is 1.70 bits per heavy atom. The topological polar surface area (TPSA) is 103 Å². The number of aliphatic hydroxyl groups excluding tert-OH is 4. The second-order valence-electron chi connectivity index (χ2n) is 6.61. The molecule has 146 valence electrons. The number of aryl methyl sites for hydroxylation is 1. The summed E-state index contributed by atoms with van der Waals surface area (Å²) in [5.41, 5.74) is 2.26. The van der Waals surface area contributed by atoms with Crippen molar-refractivity contribution in [2.24, 2.45) is 0 Å². The highest BCUT2D eigenvalue weighted by molar-refractivity contribution is 8.00. The van der Waals surface area contributed by atoms with E-state index in [2.05, 4.69) is 36.2 Å². The summed E-state index contributed by atoms with van der Waals surface area (Å²) < 4.78 is 5.93. The van der Waals surface area contributed by atoms with Gasteiger partial charge < -0.3 is 25.2 Å². The molecule has 0 saturated carbocycles. The molecule has 5 atom stereocenters. The maximum Gasteiger partial charge on any atom is 0.173 e. The Morgan fingerprint density at radius 1 is 1.00 bits per heavy atom. The van der Waals surface area contributed by atoms with E-state index in [0.29, 0.717) is 12.2 Å². The Bertz CT molecular complexity index is 739. The summed E-state index contributed by atoms with van der Waals surface area (Å²) in [5, 5.41) is 39.0. The van der Waals surface area contributed by atoms with Crippen molar-refractivity contribution in [3.05, 3.63) is 59.4 Å². The Morgan fingerprint density at radius 3 is 2.37 bits per heavy atom. The van der Waals surface area contributed by atoms with Gasteiger partial charge in [-0.15, -0.1) is 11.8 Å². The van der Waals surface area contributed by atoms with Crippen LogP contribution in [0.5, 0.6) is 5.75 Å². The van der Waals surface area contributed by atoms with Crippen LogP contribution in [0.1, 0.15) is 23.7 Å². The van der Waals surface area contributed by atoms with Crippen LogP contribution in [0.15, 0.2) is 42.6 Å². The summed E-state index contributed by atoms with van der Waals surface area (Å²) in [4.78, 5) is 4.40. The molecule has 0 bridgehead atoms. The molecule has 0 amide bonds. The summed E-state index contributed by atoms with van der Waals surface area (Å²) >= 11 is 1.11. The summed E-state index contributed by atoms with van der Waals surface area (Å²) in [5.74, 6) is 0.508. The second-order valence-corrected chi connectivity index (χ2v) is 7.95. The Kier molecular flexibility index (Phi) is 6.73. The first-order valence-corrected chi connectivity index (χ1v) is 9.96. The third-order valence-corrected chi connectivity index (χ3v) is 6.16. The van der Waals surface area contributed by atoms with Crippen molar-refractivity contribution in [1.82, 2.24) is 4.98 Å². The number of rotatable bonds is 6. The smallest absolute Gasteiger partial charge is 0.173 e. The normalized spacial score (nSPS) is 28.1. The van der Waals surface area contributed by atoms with Crippen LogP contribution in [0.2, 0.25) is 0 Å². The highest BCUT2D eigenvalue weighted by Crippen LogP contribution is 2.35.